The van der Waals surface area contributed by atoms with Crippen molar-refractivity contribution in [2.45, 2.75) is 20.3 Å². The molecule has 1 atom stereocenters. The molecule has 1 aromatic rings. The fraction of sp³-hybridized carbons (Fsp3) is 0.444. The van der Waals surface area contributed by atoms with Gasteiger partial charge in [-0.3, -0.25) is 10.1 Å². The Morgan fingerprint density at radius 3 is 3.00 bits per heavy atom. The molecule has 0 fully saturated rings. The average molecular weight is 193 g/mol. The Labute approximate surface area is 81.7 Å². The predicted octanol–water partition coefficient (Wildman–Crippen LogP) is 1.47. The van der Waals surface area contributed by atoms with Crippen molar-refractivity contribution in [1.29, 1.82) is 5.26 Å². The fourth-order valence-corrected chi connectivity index (χ4v) is 0.966. The van der Waals surface area contributed by atoms with Gasteiger partial charge in [-0.1, -0.05) is 12.1 Å². The van der Waals surface area contributed by atoms with Gasteiger partial charge >= 0.3 is 0 Å². The summed E-state index contributed by atoms with van der Waals surface area (Å²) in [6.45, 7) is 3.53. The van der Waals surface area contributed by atoms with Crippen LogP contribution in [-0.4, -0.2) is 11.1 Å². The standard InChI is InChI=1S/C9H11N3O2/c1-3-7(5-10)9(13)11-8-4-6(2)12-14-8/h4,7H,3H2,1-2H3,(H,11,13). The lowest BCUT2D eigenvalue weighted by atomic mass is 10.1. The summed E-state index contributed by atoms with van der Waals surface area (Å²) in [5.41, 5.74) is 0.685. The van der Waals surface area contributed by atoms with E-state index in [-0.39, 0.29) is 11.8 Å². The highest BCUT2D eigenvalue weighted by atomic mass is 16.5. The molecule has 1 rings (SSSR count). The molecule has 0 saturated heterocycles. The normalized spacial score (nSPS) is 11.8. The van der Waals surface area contributed by atoms with Crippen LogP contribution in [0, 0.1) is 24.2 Å². The van der Waals surface area contributed by atoms with Crippen LogP contribution in [0.1, 0.15) is 19.0 Å². The first kappa shape index (κ1) is 10.3. The second kappa shape index (κ2) is 4.42. The quantitative estimate of drug-likeness (QED) is 0.788. The van der Waals surface area contributed by atoms with E-state index in [9.17, 15) is 4.79 Å². The largest absolute Gasteiger partial charge is 0.338 e. The number of nitrogens with zero attached hydrogens (tertiary/aromatic N) is 2. The topological polar surface area (TPSA) is 78.9 Å². The van der Waals surface area contributed by atoms with Crippen LogP contribution >= 0.6 is 0 Å². The molecular weight excluding hydrogens is 182 g/mol. The van der Waals surface area contributed by atoms with Gasteiger partial charge in [-0.15, -0.1) is 0 Å². The summed E-state index contributed by atoms with van der Waals surface area (Å²) in [6.07, 6.45) is 0.482. The molecule has 1 aromatic heterocycles. The number of hydrogen-bond acceptors (Lipinski definition) is 4. The Morgan fingerprint density at radius 2 is 2.57 bits per heavy atom. The van der Waals surface area contributed by atoms with E-state index in [1.165, 1.54) is 0 Å². The van der Waals surface area contributed by atoms with Crippen LogP contribution in [0.5, 0.6) is 0 Å². The summed E-state index contributed by atoms with van der Waals surface area (Å²) in [7, 11) is 0. The summed E-state index contributed by atoms with van der Waals surface area (Å²) >= 11 is 0. The van der Waals surface area contributed by atoms with E-state index in [0.29, 0.717) is 12.1 Å². The third-order valence-electron chi connectivity index (χ3n) is 1.75. The maximum absolute atomic E-state index is 11.4. The van der Waals surface area contributed by atoms with Gasteiger partial charge in [0.1, 0.15) is 5.92 Å². The lowest BCUT2D eigenvalue weighted by molar-refractivity contribution is -0.118. The molecule has 1 heterocycles. The van der Waals surface area contributed by atoms with Crippen molar-refractivity contribution in [3.63, 3.8) is 0 Å². The monoisotopic (exact) mass is 193 g/mol. The fourth-order valence-electron chi connectivity index (χ4n) is 0.966. The molecule has 0 saturated carbocycles. The highest BCUT2D eigenvalue weighted by molar-refractivity contribution is 5.92. The number of carbonyl (C=O) groups excluding carboxylic acids is 1. The molecule has 0 spiro atoms. The predicted molar refractivity (Wildman–Crippen MR) is 49.3 cm³/mol. The van der Waals surface area contributed by atoms with Crippen molar-refractivity contribution in [1.82, 2.24) is 5.16 Å². The minimum Gasteiger partial charge on any atom is -0.338 e. The summed E-state index contributed by atoms with van der Waals surface area (Å²) in [4.78, 5) is 11.4. The second-order valence-electron chi connectivity index (χ2n) is 2.91. The number of carbonyl (C=O) groups is 1. The Kier molecular flexibility index (Phi) is 3.24. The van der Waals surface area contributed by atoms with Crippen LogP contribution in [0.15, 0.2) is 10.6 Å². The molecule has 1 N–H and O–H groups in total. The van der Waals surface area contributed by atoms with Crippen LogP contribution in [0.25, 0.3) is 0 Å². The van der Waals surface area contributed by atoms with E-state index in [1.807, 2.05) is 6.07 Å². The Balaban J connectivity index is 2.62. The number of nitriles is 1. The number of nitrogens with one attached hydrogen (secondary N) is 1. The van der Waals surface area contributed by atoms with E-state index in [1.54, 1.807) is 19.9 Å². The summed E-state index contributed by atoms with van der Waals surface area (Å²) in [6, 6.07) is 3.50. The van der Waals surface area contributed by atoms with E-state index in [4.69, 9.17) is 9.78 Å². The molecule has 14 heavy (non-hydrogen) atoms. The molecule has 5 heteroatoms. The van der Waals surface area contributed by atoms with E-state index >= 15 is 0 Å². The molecule has 74 valence electrons. The first-order valence-corrected chi connectivity index (χ1v) is 4.31. The molecular formula is C9H11N3O2. The van der Waals surface area contributed by atoms with Crippen molar-refractivity contribution in [3.05, 3.63) is 11.8 Å². The average Bonchev–Trinajstić information content (AvgIpc) is 2.53. The lowest BCUT2D eigenvalue weighted by Crippen LogP contribution is -2.20. The van der Waals surface area contributed by atoms with Gasteiger partial charge in [-0.05, 0) is 13.3 Å². The number of aryl methyl sites for hydroxylation is 1. The molecule has 1 unspecified atom stereocenters. The Hall–Kier alpha value is -1.83. The molecule has 1 amide bonds. The van der Waals surface area contributed by atoms with Gasteiger partial charge in [-0.2, -0.15) is 5.26 Å². The molecule has 0 aliphatic rings. The van der Waals surface area contributed by atoms with E-state index in [0.717, 1.165) is 0 Å². The minimum absolute atomic E-state index is 0.279. The zero-order valence-electron chi connectivity index (χ0n) is 8.07. The molecule has 0 bridgehead atoms. The van der Waals surface area contributed by atoms with E-state index in [2.05, 4.69) is 10.5 Å². The van der Waals surface area contributed by atoms with Gasteiger partial charge in [0.05, 0.1) is 11.8 Å². The van der Waals surface area contributed by atoms with Crippen LogP contribution < -0.4 is 5.32 Å². The molecule has 5 nitrogen and oxygen atoms in total. The SMILES string of the molecule is CCC(C#N)C(=O)Nc1cc(C)no1. The van der Waals surface area contributed by atoms with Gasteiger partial charge in [0, 0.05) is 6.07 Å². The number of aromatic nitrogens is 1. The molecule has 0 aliphatic heterocycles. The summed E-state index contributed by atoms with van der Waals surface area (Å²) in [5, 5.41) is 14.7. The minimum atomic E-state index is -0.639. The molecule has 0 aromatic carbocycles. The highest BCUT2D eigenvalue weighted by Gasteiger charge is 2.16. The lowest BCUT2D eigenvalue weighted by Gasteiger charge is -2.03. The summed E-state index contributed by atoms with van der Waals surface area (Å²) in [5.74, 6) is -0.715. The van der Waals surface area contributed by atoms with Crippen LogP contribution in [-0.2, 0) is 4.79 Å². The highest BCUT2D eigenvalue weighted by Crippen LogP contribution is 2.11. The molecule has 0 aliphatic carbocycles. The van der Waals surface area contributed by atoms with Crippen molar-refractivity contribution >= 4 is 11.8 Å². The van der Waals surface area contributed by atoms with Crippen LogP contribution in [0.4, 0.5) is 5.88 Å². The van der Waals surface area contributed by atoms with Gasteiger partial charge < -0.3 is 4.52 Å². The van der Waals surface area contributed by atoms with Gasteiger partial charge in [0.25, 0.3) is 0 Å². The first-order chi connectivity index (χ1) is 6.67. The number of hydrogen-bond donors (Lipinski definition) is 1. The van der Waals surface area contributed by atoms with Crippen molar-refractivity contribution < 1.29 is 9.32 Å². The number of anilines is 1. The second-order valence-corrected chi connectivity index (χ2v) is 2.91. The number of rotatable bonds is 3. The zero-order chi connectivity index (χ0) is 10.6. The molecule has 0 radical (unpaired) electrons. The van der Waals surface area contributed by atoms with Crippen molar-refractivity contribution in [2.24, 2.45) is 5.92 Å². The maximum Gasteiger partial charge on any atom is 0.244 e. The van der Waals surface area contributed by atoms with Crippen molar-refractivity contribution in [3.8, 4) is 6.07 Å². The maximum atomic E-state index is 11.4. The third kappa shape index (κ3) is 2.33. The first-order valence-electron chi connectivity index (χ1n) is 4.31. The number of amides is 1. The van der Waals surface area contributed by atoms with Crippen LogP contribution in [0.3, 0.4) is 0 Å². The summed E-state index contributed by atoms with van der Waals surface area (Å²) < 4.78 is 4.78. The van der Waals surface area contributed by atoms with Gasteiger partial charge in [-0.25, -0.2) is 0 Å². The van der Waals surface area contributed by atoms with Gasteiger partial charge in [0.2, 0.25) is 11.8 Å². The smallest absolute Gasteiger partial charge is 0.244 e. The van der Waals surface area contributed by atoms with Crippen LogP contribution in [0.2, 0.25) is 0 Å². The zero-order valence-corrected chi connectivity index (χ0v) is 8.07. The van der Waals surface area contributed by atoms with E-state index < -0.39 is 5.92 Å². The Morgan fingerprint density at radius 1 is 1.86 bits per heavy atom. The third-order valence-corrected chi connectivity index (χ3v) is 1.75. The van der Waals surface area contributed by atoms with Gasteiger partial charge in [0.15, 0.2) is 0 Å². The Bertz CT molecular complexity index is 364. The van der Waals surface area contributed by atoms with Crippen molar-refractivity contribution in [2.75, 3.05) is 5.32 Å².